The van der Waals surface area contributed by atoms with E-state index in [1.807, 2.05) is 39.0 Å². The molecule has 0 saturated heterocycles. The molecule has 0 saturated carbocycles. The molecule has 4 rings (SSSR count). The number of hydrogen-bond acceptors (Lipinski definition) is 5. The number of hydrogen-bond donors (Lipinski definition) is 2. The average molecular weight is 528 g/mol. The number of benzene rings is 2. The molecule has 2 amide bonds. The van der Waals surface area contributed by atoms with Crippen LogP contribution < -0.4 is 31.7 Å². The molecule has 0 spiro atoms. The molecular formula is C27H31F2N5O4. The smallest absolute Gasteiger partial charge is 0.330 e. The van der Waals surface area contributed by atoms with Gasteiger partial charge in [0.25, 0.3) is 6.43 Å². The third kappa shape index (κ3) is 5.56. The van der Waals surface area contributed by atoms with E-state index in [2.05, 4.69) is 5.32 Å². The molecule has 1 aromatic heterocycles. The average Bonchev–Trinajstić information content (AvgIpc) is 2.85. The maximum Gasteiger partial charge on any atom is 0.330 e. The summed E-state index contributed by atoms with van der Waals surface area (Å²) in [5.41, 5.74) is 11.3. The molecule has 0 aliphatic carbocycles. The number of nitrogens with zero attached hydrogens (tertiary/aromatic N) is 3. The minimum Gasteiger partial charge on any atom is -0.493 e. The van der Waals surface area contributed by atoms with Crippen LogP contribution in [-0.2, 0) is 19.5 Å². The van der Waals surface area contributed by atoms with Crippen molar-refractivity contribution in [2.45, 2.75) is 46.7 Å². The van der Waals surface area contributed by atoms with Gasteiger partial charge in [0.05, 0.1) is 18.5 Å². The summed E-state index contributed by atoms with van der Waals surface area (Å²) in [5, 5.41) is 2.52. The van der Waals surface area contributed by atoms with Crippen molar-refractivity contribution < 1.29 is 23.0 Å². The monoisotopic (exact) mass is 527 g/mol. The summed E-state index contributed by atoms with van der Waals surface area (Å²) in [4.78, 5) is 29.9. The standard InChI is InChI=1S/C27H31F2N5O4/c1-15-9-16(2)25(17(3)10-15)32-24-13-20-19-12-21(37-4)22(38-14-23(28)29)11-18(19)5-7-33(20)27(36)34(24)8-6-31-26(30)35/h9-13,23H,5-8,14H2,1-4H3,(H3,30,31,35)/b32-24+. The number of carbonyl (C=O) groups excluding carboxylic acids is 1. The summed E-state index contributed by atoms with van der Waals surface area (Å²) in [6, 6.07) is 8.58. The molecule has 2 aromatic carbocycles. The first-order valence-electron chi connectivity index (χ1n) is 12.2. The summed E-state index contributed by atoms with van der Waals surface area (Å²) >= 11 is 0. The molecule has 9 nitrogen and oxygen atoms in total. The number of ether oxygens (including phenoxy) is 2. The van der Waals surface area contributed by atoms with Crippen LogP contribution in [0.25, 0.3) is 11.3 Å². The Balaban J connectivity index is 1.92. The number of urea groups is 1. The largest absolute Gasteiger partial charge is 0.493 e. The van der Waals surface area contributed by atoms with Crippen LogP contribution in [0.2, 0.25) is 0 Å². The first-order chi connectivity index (χ1) is 18.1. The number of primary amides is 1. The fourth-order valence-corrected chi connectivity index (χ4v) is 4.83. The molecule has 0 unspecified atom stereocenters. The van der Waals surface area contributed by atoms with Gasteiger partial charge in [0, 0.05) is 31.3 Å². The molecule has 0 fully saturated rings. The van der Waals surface area contributed by atoms with Crippen molar-refractivity contribution in [3.63, 3.8) is 0 Å². The van der Waals surface area contributed by atoms with Crippen molar-refractivity contribution in [3.05, 3.63) is 68.6 Å². The van der Waals surface area contributed by atoms with Crippen LogP contribution in [-0.4, -0.2) is 41.9 Å². The molecule has 3 N–H and O–H groups in total. The minimum atomic E-state index is -2.62. The zero-order valence-electron chi connectivity index (χ0n) is 21.8. The zero-order chi connectivity index (χ0) is 27.6. The van der Waals surface area contributed by atoms with Gasteiger partial charge in [0.15, 0.2) is 11.5 Å². The number of nitrogens with one attached hydrogen (secondary N) is 1. The van der Waals surface area contributed by atoms with Crippen molar-refractivity contribution in [2.24, 2.45) is 10.7 Å². The summed E-state index contributed by atoms with van der Waals surface area (Å²) in [6.45, 7) is 5.87. The van der Waals surface area contributed by atoms with E-state index < -0.39 is 19.1 Å². The van der Waals surface area contributed by atoms with Gasteiger partial charge in [-0.05, 0) is 56.0 Å². The van der Waals surface area contributed by atoms with E-state index in [9.17, 15) is 18.4 Å². The van der Waals surface area contributed by atoms with Gasteiger partial charge in [-0.1, -0.05) is 17.7 Å². The van der Waals surface area contributed by atoms with Crippen LogP contribution in [0.15, 0.2) is 40.1 Å². The van der Waals surface area contributed by atoms with E-state index in [4.69, 9.17) is 20.2 Å². The maximum atomic E-state index is 13.7. The van der Waals surface area contributed by atoms with Crippen molar-refractivity contribution in [3.8, 4) is 22.8 Å². The number of aryl methyl sites for hydroxylation is 4. The molecule has 202 valence electrons. The lowest BCUT2D eigenvalue weighted by atomic mass is 9.97. The molecule has 0 radical (unpaired) electrons. The lowest BCUT2D eigenvalue weighted by molar-refractivity contribution is 0.0804. The number of aromatic nitrogens is 2. The van der Waals surface area contributed by atoms with Gasteiger partial charge in [0.2, 0.25) is 0 Å². The quantitative estimate of drug-likeness (QED) is 0.468. The van der Waals surface area contributed by atoms with Gasteiger partial charge in [-0.25, -0.2) is 23.4 Å². The maximum absolute atomic E-state index is 13.7. The summed E-state index contributed by atoms with van der Waals surface area (Å²) in [5.74, 6) is 0.512. The second kappa shape index (κ2) is 11.1. The Morgan fingerprint density at radius 1 is 1.13 bits per heavy atom. The van der Waals surface area contributed by atoms with Gasteiger partial charge in [-0.3, -0.25) is 9.13 Å². The fraction of sp³-hybridized carbons (Fsp3) is 0.370. The third-order valence-corrected chi connectivity index (χ3v) is 6.43. The van der Waals surface area contributed by atoms with Crippen LogP contribution in [0.1, 0.15) is 22.3 Å². The first-order valence-corrected chi connectivity index (χ1v) is 12.2. The molecule has 38 heavy (non-hydrogen) atoms. The van der Waals surface area contributed by atoms with E-state index in [1.165, 1.54) is 11.7 Å². The first kappa shape index (κ1) is 26.9. The summed E-state index contributed by atoms with van der Waals surface area (Å²) < 4.78 is 39.4. The Morgan fingerprint density at radius 3 is 2.47 bits per heavy atom. The van der Waals surface area contributed by atoms with Crippen molar-refractivity contribution in [1.82, 2.24) is 14.5 Å². The van der Waals surface area contributed by atoms with E-state index in [0.717, 1.165) is 33.5 Å². The van der Waals surface area contributed by atoms with Crippen LogP contribution in [0.3, 0.4) is 0 Å². The van der Waals surface area contributed by atoms with E-state index in [0.29, 0.717) is 24.1 Å². The number of carbonyl (C=O) groups is 1. The normalized spacial score (nSPS) is 12.8. The van der Waals surface area contributed by atoms with Gasteiger partial charge in [-0.2, -0.15) is 0 Å². The highest BCUT2D eigenvalue weighted by Gasteiger charge is 2.23. The van der Waals surface area contributed by atoms with E-state index in [-0.39, 0.29) is 30.3 Å². The molecule has 3 aromatic rings. The Kier molecular flexibility index (Phi) is 7.84. The highest BCUT2D eigenvalue weighted by Crippen LogP contribution is 2.38. The van der Waals surface area contributed by atoms with Crippen molar-refractivity contribution in [1.29, 1.82) is 0 Å². The Bertz CT molecular complexity index is 1490. The Morgan fingerprint density at radius 2 is 1.84 bits per heavy atom. The lowest BCUT2D eigenvalue weighted by Gasteiger charge is -2.25. The molecule has 2 heterocycles. The molecular weight excluding hydrogens is 496 g/mol. The third-order valence-electron chi connectivity index (χ3n) is 6.43. The zero-order valence-corrected chi connectivity index (χ0v) is 21.8. The molecule has 1 aliphatic rings. The predicted octanol–water partition coefficient (Wildman–Crippen LogP) is 3.35. The van der Waals surface area contributed by atoms with Crippen molar-refractivity contribution in [2.75, 3.05) is 20.3 Å². The fourth-order valence-electron chi connectivity index (χ4n) is 4.83. The number of methoxy groups -OCH3 is 1. The summed E-state index contributed by atoms with van der Waals surface area (Å²) in [6.07, 6.45) is -2.13. The van der Waals surface area contributed by atoms with Gasteiger partial charge in [-0.15, -0.1) is 0 Å². The Hall–Kier alpha value is -4.15. The van der Waals surface area contributed by atoms with Crippen LogP contribution in [0, 0.1) is 20.8 Å². The van der Waals surface area contributed by atoms with Gasteiger partial charge < -0.3 is 20.5 Å². The number of amides is 2. The summed E-state index contributed by atoms with van der Waals surface area (Å²) in [7, 11) is 1.43. The van der Waals surface area contributed by atoms with E-state index in [1.54, 1.807) is 16.7 Å². The minimum absolute atomic E-state index is 0.151. The molecule has 11 heteroatoms. The molecule has 1 aliphatic heterocycles. The second-order valence-corrected chi connectivity index (χ2v) is 9.24. The second-order valence-electron chi connectivity index (χ2n) is 9.24. The topological polar surface area (TPSA) is 113 Å². The molecule has 0 bridgehead atoms. The number of rotatable bonds is 8. The SMILES string of the molecule is COc1cc2c(cc1OCC(F)F)CCn1c-2c/c(=N\c2c(C)cc(C)cc2C)n(CCNC(N)=O)c1=O. The predicted molar refractivity (Wildman–Crippen MR) is 139 cm³/mol. The van der Waals surface area contributed by atoms with Crippen LogP contribution >= 0.6 is 0 Å². The highest BCUT2D eigenvalue weighted by molar-refractivity contribution is 5.71. The highest BCUT2D eigenvalue weighted by atomic mass is 19.3. The van der Waals surface area contributed by atoms with Gasteiger partial charge >= 0.3 is 11.7 Å². The van der Waals surface area contributed by atoms with Crippen LogP contribution in [0.4, 0.5) is 19.3 Å². The van der Waals surface area contributed by atoms with E-state index >= 15 is 0 Å². The van der Waals surface area contributed by atoms with Gasteiger partial charge in [0.1, 0.15) is 12.1 Å². The number of fused-ring (bicyclic) bond motifs is 3. The van der Waals surface area contributed by atoms with Crippen LogP contribution in [0.5, 0.6) is 11.5 Å². The molecule has 0 atom stereocenters. The number of alkyl halides is 2. The Labute approximate surface area is 218 Å². The number of halogens is 2. The van der Waals surface area contributed by atoms with Crippen molar-refractivity contribution >= 4 is 11.7 Å². The number of nitrogens with two attached hydrogens (primary N) is 1. The lowest BCUT2D eigenvalue weighted by Crippen LogP contribution is -2.44.